The fraction of sp³-hybridized carbons (Fsp3) is 0.333. The molecule has 1 atom stereocenters. The first-order valence-corrected chi connectivity index (χ1v) is 13.4. The molecule has 1 unspecified atom stereocenters. The van der Waals surface area contributed by atoms with Crippen molar-refractivity contribution in [2.24, 2.45) is 0 Å². The summed E-state index contributed by atoms with van der Waals surface area (Å²) in [6.45, 7) is 4.78. The first-order chi connectivity index (χ1) is 18.0. The third-order valence-electron chi connectivity index (χ3n) is 7.12. The molecule has 0 saturated carbocycles. The third kappa shape index (κ3) is 4.25. The number of thioether (sulfide) groups is 1. The zero-order valence-electron chi connectivity index (χ0n) is 20.8. The summed E-state index contributed by atoms with van der Waals surface area (Å²) in [4.78, 5) is 35.6. The normalized spacial score (nSPS) is 17.3. The zero-order chi connectivity index (χ0) is 25.5. The molecule has 6 rings (SSSR count). The van der Waals surface area contributed by atoms with E-state index in [1.807, 2.05) is 60.4 Å². The van der Waals surface area contributed by atoms with Gasteiger partial charge in [-0.25, -0.2) is 9.67 Å². The molecular weight excluding hydrogens is 488 g/mol. The maximum atomic E-state index is 13.5. The maximum Gasteiger partial charge on any atom is 0.265 e. The van der Waals surface area contributed by atoms with E-state index in [0.717, 1.165) is 35.8 Å². The lowest BCUT2D eigenvalue weighted by Crippen LogP contribution is -2.49. The number of fused-ring (bicyclic) bond motifs is 2. The SMILES string of the molecule is COc1ccccc1N1CCN(C(=O)CC2CSc3nc4c(cnn4-c4ccc(C)cc4)c(=O)n32)CC1. The summed E-state index contributed by atoms with van der Waals surface area (Å²) in [5, 5.41) is 5.55. The minimum absolute atomic E-state index is 0.0699. The highest BCUT2D eigenvalue weighted by Crippen LogP contribution is 2.34. The highest BCUT2D eigenvalue weighted by atomic mass is 32.2. The van der Waals surface area contributed by atoms with Crippen molar-refractivity contribution in [3.05, 3.63) is 70.6 Å². The number of aromatic nitrogens is 4. The molecule has 2 aliphatic heterocycles. The molecule has 0 aliphatic carbocycles. The van der Waals surface area contributed by atoms with Gasteiger partial charge >= 0.3 is 0 Å². The van der Waals surface area contributed by atoms with E-state index in [4.69, 9.17) is 9.72 Å². The van der Waals surface area contributed by atoms with Crippen LogP contribution in [0.4, 0.5) is 5.69 Å². The van der Waals surface area contributed by atoms with Crippen LogP contribution in [0.15, 0.2) is 64.7 Å². The molecule has 0 radical (unpaired) electrons. The summed E-state index contributed by atoms with van der Waals surface area (Å²) in [5.74, 6) is 1.56. The average Bonchev–Trinajstić information content (AvgIpc) is 3.54. The topological polar surface area (TPSA) is 85.5 Å². The summed E-state index contributed by atoms with van der Waals surface area (Å²) in [6, 6.07) is 15.7. The Kier molecular flexibility index (Phi) is 6.11. The molecule has 2 aromatic carbocycles. The molecule has 37 heavy (non-hydrogen) atoms. The lowest BCUT2D eigenvalue weighted by molar-refractivity contribution is -0.132. The van der Waals surface area contributed by atoms with Crippen LogP contribution in [0.3, 0.4) is 0 Å². The van der Waals surface area contributed by atoms with Crippen LogP contribution in [0.1, 0.15) is 18.0 Å². The number of rotatable bonds is 5. The Morgan fingerprint density at radius 2 is 1.84 bits per heavy atom. The highest BCUT2D eigenvalue weighted by molar-refractivity contribution is 7.99. The second kappa shape index (κ2) is 9.59. The fourth-order valence-electron chi connectivity index (χ4n) is 5.07. The standard InChI is InChI=1S/C27H28N6O3S/c1-18-7-9-19(10-8-18)33-25-21(16-28-33)26(35)32-20(17-37-27(32)29-25)15-24(34)31-13-11-30(12-14-31)22-5-3-4-6-23(22)36-2/h3-10,16,20H,11-15,17H2,1-2H3. The Morgan fingerprint density at radius 1 is 1.08 bits per heavy atom. The van der Waals surface area contributed by atoms with E-state index in [0.29, 0.717) is 35.0 Å². The summed E-state index contributed by atoms with van der Waals surface area (Å²) in [6.07, 6.45) is 1.87. The van der Waals surface area contributed by atoms with E-state index in [1.165, 1.54) is 11.8 Å². The second-order valence-electron chi connectivity index (χ2n) is 9.41. The average molecular weight is 517 g/mol. The molecule has 190 valence electrons. The van der Waals surface area contributed by atoms with Crippen molar-refractivity contribution in [3.8, 4) is 11.4 Å². The van der Waals surface area contributed by atoms with Crippen molar-refractivity contribution in [2.75, 3.05) is 43.9 Å². The largest absolute Gasteiger partial charge is 0.495 e. The number of hydrogen-bond acceptors (Lipinski definition) is 7. The number of piperazine rings is 1. The van der Waals surface area contributed by atoms with Gasteiger partial charge in [0.25, 0.3) is 5.56 Å². The first-order valence-electron chi connectivity index (χ1n) is 12.4. The summed E-state index contributed by atoms with van der Waals surface area (Å²) < 4.78 is 8.90. The van der Waals surface area contributed by atoms with Crippen molar-refractivity contribution < 1.29 is 9.53 Å². The maximum absolute atomic E-state index is 13.5. The smallest absolute Gasteiger partial charge is 0.265 e. The molecule has 10 heteroatoms. The molecule has 1 amide bonds. The van der Waals surface area contributed by atoms with Gasteiger partial charge in [-0.2, -0.15) is 5.10 Å². The van der Waals surface area contributed by atoms with Gasteiger partial charge in [0.05, 0.1) is 30.7 Å². The Morgan fingerprint density at radius 3 is 2.59 bits per heavy atom. The Balaban J connectivity index is 1.18. The van der Waals surface area contributed by atoms with Gasteiger partial charge in [-0.1, -0.05) is 41.6 Å². The van der Waals surface area contributed by atoms with Crippen molar-refractivity contribution in [2.45, 2.75) is 24.5 Å². The number of nitrogens with zero attached hydrogens (tertiary/aromatic N) is 6. The number of methoxy groups -OCH3 is 1. The van der Waals surface area contributed by atoms with E-state index in [-0.39, 0.29) is 23.9 Å². The molecule has 0 bridgehead atoms. The number of ether oxygens (including phenoxy) is 1. The van der Waals surface area contributed by atoms with Gasteiger partial charge in [0, 0.05) is 38.4 Å². The van der Waals surface area contributed by atoms with Gasteiger partial charge < -0.3 is 14.5 Å². The van der Waals surface area contributed by atoms with Gasteiger partial charge in [0.15, 0.2) is 10.8 Å². The third-order valence-corrected chi connectivity index (χ3v) is 8.22. The van der Waals surface area contributed by atoms with Crippen LogP contribution in [-0.4, -0.2) is 69.2 Å². The minimum atomic E-state index is -0.216. The number of amides is 1. The summed E-state index contributed by atoms with van der Waals surface area (Å²) in [7, 11) is 1.67. The van der Waals surface area contributed by atoms with Crippen LogP contribution < -0.4 is 15.2 Å². The Hall–Kier alpha value is -3.79. The summed E-state index contributed by atoms with van der Waals surface area (Å²) in [5.41, 5.74) is 3.47. The van der Waals surface area contributed by atoms with Crippen LogP contribution in [-0.2, 0) is 4.79 Å². The van der Waals surface area contributed by atoms with Gasteiger partial charge in [-0.15, -0.1) is 0 Å². The lowest BCUT2D eigenvalue weighted by atomic mass is 10.1. The van der Waals surface area contributed by atoms with E-state index in [9.17, 15) is 9.59 Å². The zero-order valence-corrected chi connectivity index (χ0v) is 21.6. The number of anilines is 1. The van der Waals surface area contributed by atoms with Gasteiger partial charge in [-0.3, -0.25) is 14.2 Å². The highest BCUT2D eigenvalue weighted by Gasteiger charge is 2.32. The van der Waals surface area contributed by atoms with Crippen LogP contribution in [0.2, 0.25) is 0 Å². The van der Waals surface area contributed by atoms with E-state index in [1.54, 1.807) is 22.6 Å². The quantitative estimate of drug-likeness (QED) is 0.376. The molecule has 4 aromatic rings. The predicted octanol–water partition coefficient (Wildman–Crippen LogP) is 3.28. The van der Waals surface area contributed by atoms with Gasteiger partial charge in [0.1, 0.15) is 11.1 Å². The number of carbonyl (C=O) groups excluding carboxylic acids is 1. The fourth-order valence-corrected chi connectivity index (χ4v) is 6.20. The monoisotopic (exact) mass is 516 g/mol. The van der Waals surface area contributed by atoms with E-state index < -0.39 is 0 Å². The molecule has 1 saturated heterocycles. The minimum Gasteiger partial charge on any atom is -0.495 e. The molecular formula is C27H28N6O3S. The second-order valence-corrected chi connectivity index (χ2v) is 10.4. The molecule has 1 fully saturated rings. The molecule has 2 aliphatic rings. The number of benzene rings is 2. The molecule has 9 nitrogen and oxygen atoms in total. The first kappa shape index (κ1) is 23.6. The number of para-hydroxylation sites is 2. The molecule has 0 spiro atoms. The number of aryl methyl sites for hydroxylation is 1. The predicted molar refractivity (Wildman–Crippen MR) is 144 cm³/mol. The Labute approximate surface area is 218 Å². The van der Waals surface area contributed by atoms with Gasteiger partial charge in [0.2, 0.25) is 5.91 Å². The van der Waals surface area contributed by atoms with Crippen LogP contribution >= 0.6 is 11.8 Å². The number of carbonyl (C=O) groups is 1. The van der Waals surface area contributed by atoms with E-state index in [2.05, 4.69) is 10.00 Å². The van der Waals surface area contributed by atoms with Crippen LogP contribution in [0, 0.1) is 6.92 Å². The van der Waals surface area contributed by atoms with Crippen molar-refractivity contribution in [1.82, 2.24) is 24.2 Å². The molecule has 2 aromatic heterocycles. The van der Waals surface area contributed by atoms with E-state index >= 15 is 0 Å². The Bertz CT molecular complexity index is 1520. The van der Waals surface area contributed by atoms with Crippen molar-refractivity contribution >= 4 is 34.4 Å². The van der Waals surface area contributed by atoms with Crippen molar-refractivity contribution in [1.29, 1.82) is 0 Å². The summed E-state index contributed by atoms with van der Waals surface area (Å²) >= 11 is 1.52. The molecule has 0 N–H and O–H groups in total. The van der Waals surface area contributed by atoms with Crippen LogP contribution in [0.5, 0.6) is 5.75 Å². The van der Waals surface area contributed by atoms with Crippen molar-refractivity contribution in [3.63, 3.8) is 0 Å². The number of hydrogen-bond donors (Lipinski definition) is 0. The molecule has 4 heterocycles. The van der Waals surface area contributed by atoms with Crippen LogP contribution in [0.25, 0.3) is 16.7 Å². The van der Waals surface area contributed by atoms with Gasteiger partial charge in [-0.05, 0) is 31.2 Å². The lowest BCUT2D eigenvalue weighted by Gasteiger charge is -2.37.